The van der Waals surface area contributed by atoms with Crippen LogP contribution in [0, 0.1) is 0 Å². The van der Waals surface area contributed by atoms with Gasteiger partial charge >= 0.3 is 6.03 Å². The van der Waals surface area contributed by atoms with E-state index in [0.717, 1.165) is 38.1 Å². The lowest BCUT2D eigenvalue weighted by molar-refractivity contribution is 0.142. The van der Waals surface area contributed by atoms with Crippen molar-refractivity contribution in [2.75, 3.05) is 37.4 Å². The molecule has 0 aliphatic carbocycles. The molecule has 2 amide bonds. The van der Waals surface area contributed by atoms with Gasteiger partial charge in [0.15, 0.2) is 9.84 Å². The van der Waals surface area contributed by atoms with E-state index in [0.29, 0.717) is 12.3 Å². The maximum atomic E-state index is 12.4. The van der Waals surface area contributed by atoms with Crippen LogP contribution in [0.2, 0.25) is 0 Å². The molecule has 0 aromatic carbocycles. The van der Waals surface area contributed by atoms with Gasteiger partial charge in [0.25, 0.3) is 0 Å². The standard InChI is InChI=1S/C11H20N2O3S2/c1-18(15,16)10-9-17-8-7-13(10)11(14)12-5-3-2-4-6-12/h10H,2-9H2,1H3. The van der Waals surface area contributed by atoms with Gasteiger partial charge in [-0.2, -0.15) is 11.8 Å². The fraction of sp³-hybridized carbons (Fsp3) is 0.909. The quantitative estimate of drug-likeness (QED) is 0.724. The van der Waals surface area contributed by atoms with Crippen LogP contribution in [0.3, 0.4) is 0 Å². The molecule has 2 fully saturated rings. The summed E-state index contributed by atoms with van der Waals surface area (Å²) in [5.41, 5.74) is 0. The number of sulfone groups is 1. The molecule has 1 unspecified atom stereocenters. The van der Waals surface area contributed by atoms with Gasteiger partial charge < -0.3 is 9.80 Å². The number of urea groups is 1. The first-order chi connectivity index (χ1) is 8.50. The van der Waals surface area contributed by atoms with Crippen LogP contribution in [0.25, 0.3) is 0 Å². The third-order valence-electron chi connectivity index (χ3n) is 3.45. The fourth-order valence-electron chi connectivity index (χ4n) is 2.42. The van der Waals surface area contributed by atoms with E-state index in [9.17, 15) is 13.2 Å². The molecule has 2 rings (SSSR count). The average Bonchev–Trinajstić information content (AvgIpc) is 2.38. The van der Waals surface area contributed by atoms with E-state index in [4.69, 9.17) is 0 Å². The Kier molecular flexibility index (Phi) is 4.42. The predicted molar refractivity (Wildman–Crippen MR) is 73.5 cm³/mol. The zero-order chi connectivity index (χ0) is 13.2. The lowest BCUT2D eigenvalue weighted by atomic mass is 10.1. The molecule has 0 aromatic heterocycles. The minimum absolute atomic E-state index is 0.0922. The number of likely N-dealkylation sites (tertiary alicyclic amines) is 1. The van der Waals surface area contributed by atoms with Gasteiger partial charge in [0, 0.05) is 37.4 Å². The van der Waals surface area contributed by atoms with Crippen LogP contribution in [-0.2, 0) is 9.84 Å². The van der Waals surface area contributed by atoms with Crippen molar-refractivity contribution in [2.24, 2.45) is 0 Å². The highest BCUT2D eigenvalue weighted by Crippen LogP contribution is 2.22. The van der Waals surface area contributed by atoms with Gasteiger partial charge in [0.1, 0.15) is 5.37 Å². The molecular weight excluding hydrogens is 272 g/mol. The molecule has 1 atom stereocenters. The van der Waals surface area contributed by atoms with Crippen molar-refractivity contribution in [1.82, 2.24) is 9.80 Å². The molecule has 2 heterocycles. The molecule has 2 aliphatic rings. The Morgan fingerprint density at radius 2 is 1.83 bits per heavy atom. The molecular formula is C11H20N2O3S2. The van der Waals surface area contributed by atoms with E-state index in [1.807, 2.05) is 0 Å². The summed E-state index contributed by atoms with van der Waals surface area (Å²) in [5.74, 6) is 1.32. The normalized spacial score (nSPS) is 26.2. The van der Waals surface area contributed by atoms with Gasteiger partial charge in [0.05, 0.1) is 0 Å². The monoisotopic (exact) mass is 292 g/mol. The molecule has 18 heavy (non-hydrogen) atoms. The topological polar surface area (TPSA) is 57.7 Å². The molecule has 2 saturated heterocycles. The second kappa shape index (κ2) is 5.69. The number of rotatable bonds is 1. The Hall–Kier alpha value is -0.430. The van der Waals surface area contributed by atoms with Crippen molar-refractivity contribution in [1.29, 1.82) is 0 Å². The van der Waals surface area contributed by atoms with Crippen molar-refractivity contribution < 1.29 is 13.2 Å². The third kappa shape index (κ3) is 3.12. The highest BCUT2D eigenvalue weighted by atomic mass is 32.2. The Balaban J connectivity index is 2.10. The van der Waals surface area contributed by atoms with Gasteiger partial charge in [-0.25, -0.2) is 13.2 Å². The fourth-order valence-corrected chi connectivity index (χ4v) is 5.23. The summed E-state index contributed by atoms with van der Waals surface area (Å²) >= 11 is 1.61. The van der Waals surface area contributed by atoms with E-state index in [-0.39, 0.29) is 6.03 Å². The molecule has 0 aromatic rings. The van der Waals surface area contributed by atoms with E-state index in [2.05, 4.69) is 0 Å². The highest BCUT2D eigenvalue weighted by molar-refractivity contribution is 8.00. The maximum absolute atomic E-state index is 12.4. The second-order valence-corrected chi connectivity index (χ2v) is 8.24. The largest absolute Gasteiger partial charge is 0.325 e. The van der Waals surface area contributed by atoms with Gasteiger partial charge in [0.2, 0.25) is 0 Å². The molecule has 0 bridgehead atoms. The van der Waals surface area contributed by atoms with Crippen LogP contribution < -0.4 is 0 Å². The van der Waals surface area contributed by atoms with Crippen LogP contribution in [-0.4, -0.2) is 67.0 Å². The summed E-state index contributed by atoms with van der Waals surface area (Å²) < 4.78 is 23.5. The molecule has 0 N–H and O–H groups in total. The maximum Gasteiger partial charge on any atom is 0.321 e. The number of hydrogen-bond donors (Lipinski definition) is 0. The summed E-state index contributed by atoms with van der Waals surface area (Å²) in [7, 11) is -3.20. The van der Waals surface area contributed by atoms with Crippen LogP contribution in [0.4, 0.5) is 4.79 Å². The Bertz CT molecular complexity index is 405. The molecule has 5 nitrogen and oxygen atoms in total. The van der Waals surface area contributed by atoms with Gasteiger partial charge in [-0.3, -0.25) is 0 Å². The molecule has 7 heteroatoms. The minimum Gasteiger partial charge on any atom is -0.325 e. The Morgan fingerprint density at radius 3 is 2.44 bits per heavy atom. The minimum atomic E-state index is -3.20. The predicted octanol–water partition coefficient (Wildman–Crippen LogP) is 1.01. The highest BCUT2D eigenvalue weighted by Gasteiger charge is 2.36. The number of amides is 2. The van der Waals surface area contributed by atoms with E-state index in [1.165, 1.54) is 6.26 Å². The number of carbonyl (C=O) groups excluding carboxylic acids is 1. The Labute approximate surface area is 113 Å². The molecule has 104 valence electrons. The van der Waals surface area contributed by atoms with Crippen molar-refractivity contribution in [3.63, 3.8) is 0 Å². The SMILES string of the molecule is CS(=O)(=O)C1CSCCN1C(=O)N1CCCCC1. The van der Waals surface area contributed by atoms with Gasteiger partial charge in [-0.05, 0) is 19.3 Å². The lowest BCUT2D eigenvalue weighted by Crippen LogP contribution is -2.55. The number of carbonyl (C=O) groups is 1. The first kappa shape index (κ1) is 14.0. The zero-order valence-corrected chi connectivity index (χ0v) is 12.3. The lowest BCUT2D eigenvalue weighted by Gasteiger charge is -2.38. The van der Waals surface area contributed by atoms with Crippen molar-refractivity contribution in [3.8, 4) is 0 Å². The van der Waals surface area contributed by atoms with Gasteiger partial charge in [-0.15, -0.1) is 0 Å². The average molecular weight is 292 g/mol. The van der Waals surface area contributed by atoms with Crippen LogP contribution in [0.5, 0.6) is 0 Å². The summed E-state index contributed by atoms with van der Waals surface area (Å²) in [5, 5.41) is -0.648. The van der Waals surface area contributed by atoms with E-state index < -0.39 is 15.2 Å². The number of hydrogen-bond acceptors (Lipinski definition) is 4. The molecule has 0 saturated carbocycles. The zero-order valence-electron chi connectivity index (χ0n) is 10.7. The summed E-state index contributed by atoms with van der Waals surface area (Å²) in [6.45, 7) is 2.07. The van der Waals surface area contributed by atoms with Crippen molar-refractivity contribution in [3.05, 3.63) is 0 Å². The molecule has 0 radical (unpaired) electrons. The Morgan fingerprint density at radius 1 is 1.17 bits per heavy atom. The number of nitrogens with zero attached hydrogens (tertiary/aromatic N) is 2. The first-order valence-corrected chi connectivity index (χ1v) is 9.43. The summed E-state index contributed by atoms with van der Waals surface area (Å²) in [6, 6.07) is -0.0922. The van der Waals surface area contributed by atoms with Gasteiger partial charge in [-0.1, -0.05) is 0 Å². The van der Waals surface area contributed by atoms with E-state index >= 15 is 0 Å². The number of piperidine rings is 1. The van der Waals surface area contributed by atoms with Crippen LogP contribution in [0.15, 0.2) is 0 Å². The number of thioether (sulfide) groups is 1. The third-order valence-corrected chi connectivity index (χ3v) is 6.09. The van der Waals surface area contributed by atoms with Crippen LogP contribution in [0.1, 0.15) is 19.3 Å². The first-order valence-electron chi connectivity index (χ1n) is 6.32. The smallest absolute Gasteiger partial charge is 0.321 e. The van der Waals surface area contributed by atoms with Crippen molar-refractivity contribution in [2.45, 2.75) is 24.6 Å². The van der Waals surface area contributed by atoms with Crippen LogP contribution >= 0.6 is 11.8 Å². The summed E-state index contributed by atoms with van der Waals surface area (Å²) in [4.78, 5) is 15.7. The molecule has 0 spiro atoms. The van der Waals surface area contributed by atoms with Crippen molar-refractivity contribution >= 4 is 27.6 Å². The molecule has 2 aliphatic heterocycles. The summed E-state index contributed by atoms with van der Waals surface area (Å²) in [6.07, 6.45) is 4.44. The van der Waals surface area contributed by atoms with E-state index in [1.54, 1.807) is 21.6 Å². The second-order valence-electron chi connectivity index (χ2n) is 4.88.